The topological polar surface area (TPSA) is 94.2 Å². The van der Waals surface area contributed by atoms with Crippen LogP contribution in [0.1, 0.15) is 11.1 Å². The molecule has 1 aliphatic heterocycles. The molecule has 0 bridgehead atoms. The van der Waals surface area contributed by atoms with Crippen molar-refractivity contribution in [3.63, 3.8) is 0 Å². The number of carbonyl (C=O) groups is 1. The molecule has 0 saturated heterocycles. The quantitative estimate of drug-likeness (QED) is 0.501. The van der Waals surface area contributed by atoms with Crippen molar-refractivity contribution in [2.75, 3.05) is 32.3 Å². The number of sulfonamides is 1. The molecule has 3 aromatic rings. The van der Waals surface area contributed by atoms with Gasteiger partial charge in [-0.1, -0.05) is 36.4 Å². The number of benzene rings is 3. The van der Waals surface area contributed by atoms with Gasteiger partial charge in [0.05, 0.1) is 13.7 Å². The summed E-state index contributed by atoms with van der Waals surface area (Å²) in [6.45, 7) is 1.69. The molecule has 1 amide bonds. The maximum Gasteiger partial charge on any atom is 0.247 e. The van der Waals surface area contributed by atoms with Gasteiger partial charge in [-0.25, -0.2) is 8.42 Å². The highest BCUT2D eigenvalue weighted by atomic mass is 32.2. The van der Waals surface area contributed by atoms with Crippen molar-refractivity contribution in [2.24, 2.45) is 0 Å². The third-order valence-corrected chi connectivity index (χ3v) is 7.27. The van der Waals surface area contributed by atoms with Crippen LogP contribution in [0, 0.1) is 6.92 Å². The fraction of sp³-hybridized carbons (Fsp3) is 0.240. The average molecular weight is 483 g/mol. The van der Waals surface area contributed by atoms with E-state index in [1.807, 2.05) is 30.3 Å². The van der Waals surface area contributed by atoms with Gasteiger partial charge in [-0.3, -0.25) is 4.79 Å². The Morgan fingerprint density at radius 3 is 2.56 bits per heavy atom. The molecule has 178 valence electrons. The Kier molecular flexibility index (Phi) is 7.04. The Hall–Kier alpha value is -3.56. The minimum atomic E-state index is -4.03. The monoisotopic (exact) mass is 482 g/mol. The number of aryl methyl sites for hydroxylation is 1. The van der Waals surface area contributed by atoms with Crippen molar-refractivity contribution in [2.45, 2.75) is 18.2 Å². The number of fused-ring (bicyclic) bond motifs is 1. The van der Waals surface area contributed by atoms with Crippen LogP contribution in [0.15, 0.2) is 71.6 Å². The summed E-state index contributed by atoms with van der Waals surface area (Å²) >= 11 is 0. The fourth-order valence-corrected chi connectivity index (χ4v) is 5.28. The Labute approximate surface area is 199 Å². The second kappa shape index (κ2) is 10.1. The lowest BCUT2D eigenvalue weighted by atomic mass is 10.1. The SMILES string of the molecule is COc1ccc(C)cc1S(=O)(=O)N(CCc1ccccc1)CC(=O)Nc1ccc2c(c1)OCO2. The van der Waals surface area contributed by atoms with Gasteiger partial charge in [-0.05, 0) is 48.7 Å². The highest BCUT2D eigenvalue weighted by Crippen LogP contribution is 2.34. The third-order valence-electron chi connectivity index (χ3n) is 5.41. The van der Waals surface area contributed by atoms with Crippen molar-refractivity contribution in [1.82, 2.24) is 4.31 Å². The third kappa shape index (κ3) is 5.32. The van der Waals surface area contributed by atoms with E-state index in [-0.39, 0.29) is 30.5 Å². The molecule has 0 saturated carbocycles. The molecule has 0 atom stereocenters. The summed E-state index contributed by atoms with van der Waals surface area (Å²) in [7, 11) is -2.61. The molecule has 0 fully saturated rings. The Morgan fingerprint density at radius 1 is 1.03 bits per heavy atom. The molecule has 1 N–H and O–H groups in total. The van der Waals surface area contributed by atoms with E-state index >= 15 is 0 Å². The Morgan fingerprint density at radius 2 is 1.79 bits per heavy atom. The molecule has 0 aliphatic carbocycles. The van der Waals surface area contributed by atoms with E-state index in [0.29, 0.717) is 23.6 Å². The average Bonchev–Trinajstić information content (AvgIpc) is 3.30. The summed E-state index contributed by atoms with van der Waals surface area (Å²) in [5, 5.41) is 2.75. The van der Waals surface area contributed by atoms with E-state index in [9.17, 15) is 13.2 Å². The maximum absolute atomic E-state index is 13.7. The zero-order valence-corrected chi connectivity index (χ0v) is 19.8. The lowest BCUT2D eigenvalue weighted by Crippen LogP contribution is -2.39. The number of carbonyl (C=O) groups excluding carboxylic acids is 1. The van der Waals surface area contributed by atoms with Crippen LogP contribution in [0.3, 0.4) is 0 Å². The number of anilines is 1. The second-order valence-corrected chi connectivity index (χ2v) is 9.75. The van der Waals surface area contributed by atoms with Crippen LogP contribution >= 0.6 is 0 Å². The van der Waals surface area contributed by atoms with Gasteiger partial charge in [-0.2, -0.15) is 4.31 Å². The summed E-state index contributed by atoms with van der Waals surface area (Å²) in [6.07, 6.45) is 0.450. The van der Waals surface area contributed by atoms with Crippen LogP contribution in [0.5, 0.6) is 17.2 Å². The molecule has 1 heterocycles. The molecule has 0 aromatic heterocycles. The fourth-order valence-electron chi connectivity index (χ4n) is 3.64. The first-order chi connectivity index (χ1) is 16.4. The number of nitrogens with zero attached hydrogens (tertiary/aromatic N) is 1. The van der Waals surface area contributed by atoms with E-state index in [2.05, 4.69) is 5.32 Å². The minimum absolute atomic E-state index is 0.0268. The highest BCUT2D eigenvalue weighted by molar-refractivity contribution is 7.89. The molecular formula is C25H26N2O6S. The van der Waals surface area contributed by atoms with Gasteiger partial charge in [0.15, 0.2) is 11.5 Å². The van der Waals surface area contributed by atoms with Crippen molar-refractivity contribution in [3.05, 3.63) is 77.9 Å². The van der Waals surface area contributed by atoms with Crippen LogP contribution < -0.4 is 19.5 Å². The van der Waals surface area contributed by atoms with Crippen molar-refractivity contribution >= 4 is 21.6 Å². The van der Waals surface area contributed by atoms with E-state index in [4.69, 9.17) is 14.2 Å². The standard InChI is InChI=1S/C25H26N2O6S/c1-18-8-10-22(31-2)24(14-18)34(29,30)27(13-12-19-6-4-3-5-7-19)16-25(28)26-20-9-11-21-23(15-20)33-17-32-21/h3-11,14-15H,12-13,16-17H2,1-2H3,(H,26,28). The summed E-state index contributed by atoms with van der Waals surface area (Å²) in [4.78, 5) is 12.9. The first-order valence-corrected chi connectivity index (χ1v) is 12.2. The number of ether oxygens (including phenoxy) is 3. The minimum Gasteiger partial charge on any atom is -0.495 e. The maximum atomic E-state index is 13.7. The van der Waals surface area contributed by atoms with Crippen molar-refractivity contribution in [3.8, 4) is 17.2 Å². The molecule has 3 aromatic carbocycles. The molecule has 0 unspecified atom stereocenters. The molecule has 8 nitrogen and oxygen atoms in total. The van der Waals surface area contributed by atoms with Crippen LogP contribution in [0.2, 0.25) is 0 Å². The molecule has 0 radical (unpaired) electrons. The van der Waals surface area contributed by atoms with E-state index in [1.165, 1.54) is 11.4 Å². The summed E-state index contributed by atoms with van der Waals surface area (Å²) in [5.41, 5.74) is 2.23. The number of amides is 1. The van der Waals surface area contributed by atoms with Crippen LogP contribution in [-0.4, -0.2) is 45.6 Å². The molecule has 0 spiro atoms. The second-order valence-electron chi connectivity index (χ2n) is 7.84. The Bertz CT molecular complexity index is 1280. The first-order valence-electron chi connectivity index (χ1n) is 10.7. The molecule has 1 aliphatic rings. The molecule has 4 rings (SSSR count). The molecular weight excluding hydrogens is 456 g/mol. The van der Waals surface area contributed by atoms with E-state index < -0.39 is 15.9 Å². The lowest BCUT2D eigenvalue weighted by Gasteiger charge is -2.23. The Balaban J connectivity index is 1.58. The zero-order chi connectivity index (χ0) is 24.1. The van der Waals surface area contributed by atoms with Crippen LogP contribution in [0.4, 0.5) is 5.69 Å². The summed E-state index contributed by atoms with van der Waals surface area (Å²) in [6, 6.07) is 19.5. The lowest BCUT2D eigenvalue weighted by molar-refractivity contribution is -0.116. The van der Waals surface area contributed by atoms with Gasteiger partial charge >= 0.3 is 0 Å². The van der Waals surface area contributed by atoms with Gasteiger partial charge < -0.3 is 19.5 Å². The number of nitrogens with one attached hydrogen (secondary N) is 1. The zero-order valence-electron chi connectivity index (χ0n) is 19.0. The molecule has 9 heteroatoms. The van der Waals surface area contributed by atoms with Crippen molar-refractivity contribution < 1.29 is 27.4 Å². The van der Waals surface area contributed by atoms with Crippen LogP contribution in [-0.2, 0) is 21.2 Å². The normalized spacial score (nSPS) is 12.6. The van der Waals surface area contributed by atoms with E-state index in [1.54, 1.807) is 43.3 Å². The number of hydrogen-bond donors (Lipinski definition) is 1. The largest absolute Gasteiger partial charge is 0.495 e. The molecule has 34 heavy (non-hydrogen) atoms. The predicted molar refractivity (Wildman–Crippen MR) is 128 cm³/mol. The van der Waals surface area contributed by atoms with Gasteiger partial charge in [0.2, 0.25) is 22.7 Å². The van der Waals surface area contributed by atoms with Gasteiger partial charge in [-0.15, -0.1) is 0 Å². The summed E-state index contributed by atoms with van der Waals surface area (Å²) in [5.74, 6) is 0.876. The van der Waals surface area contributed by atoms with Gasteiger partial charge in [0, 0.05) is 18.3 Å². The number of hydrogen-bond acceptors (Lipinski definition) is 6. The summed E-state index contributed by atoms with van der Waals surface area (Å²) < 4.78 is 44.4. The first kappa shape index (κ1) is 23.6. The van der Waals surface area contributed by atoms with Gasteiger partial charge in [0.1, 0.15) is 10.6 Å². The smallest absolute Gasteiger partial charge is 0.247 e. The van der Waals surface area contributed by atoms with Crippen LogP contribution in [0.25, 0.3) is 0 Å². The van der Waals surface area contributed by atoms with Gasteiger partial charge in [0.25, 0.3) is 0 Å². The van der Waals surface area contributed by atoms with Crippen molar-refractivity contribution in [1.29, 1.82) is 0 Å². The van der Waals surface area contributed by atoms with E-state index in [0.717, 1.165) is 11.1 Å². The highest BCUT2D eigenvalue weighted by Gasteiger charge is 2.30. The number of methoxy groups -OCH3 is 1. The predicted octanol–water partition coefficient (Wildman–Crippen LogP) is 3.60. The number of rotatable bonds is 9.